The summed E-state index contributed by atoms with van der Waals surface area (Å²) in [6.45, 7) is 0. The molecule has 8 rings (SSSR count). The fourth-order valence-electron chi connectivity index (χ4n) is 7.76. The fourth-order valence-corrected chi connectivity index (χ4v) is 7.76. The summed E-state index contributed by atoms with van der Waals surface area (Å²) in [4.78, 5) is 0. The minimum absolute atomic E-state index is 0.146. The lowest BCUT2D eigenvalue weighted by Gasteiger charge is -2.27. The van der Waals surface area contributed by atoms with Crippen LogP contribution in [0.1, 0.15) is 173 Å². The van der Waals surface area contributed by atoms with E-state index in [0.29, 0.717) is 5.41 Å². The van der Waals surface area contributed by atoms with E-state index in [-0.39, 0.29) is 12.8 Å². The second kappa shape index (κ2) is 10.3. The number of rotatable bonds is 0. The van der Waals surface area contributed by atoms with Crippen LogP contribution in [0.4, 0.5) is 8.78 Å². The average Bonchev–Trinajstić information content (AvgIpc) is 3.66. The van der Waals surface area contributed by atoms with E-state index in [4.69, 9.17) is 0 Å². The SMILES string of the molecule is C1CCC2(C1)CC2.C1CCC2(CC1)CC2.C1CCCC2(CC1)CC2.FC1(F)CCC2(CC1)CC2. The van der Waals surface area contributed by atoms with Crippen LogP contribution in [0.5, 0.6) is 0 Å². The quantitative estimate of drug-likeness (QED) is 0.326. The van der Waals surface area contributed by atoms with E-state index in [2.05, 4.69) is 0 Å². The molecule has 2 heteroatoms. The Balaban J connectivity index is 0.0000000950. The van der Waals surface area contributed by atoms with Crippen molar-refractivity contribution in [2.24, 2.45) is 21.7 Å². The van der Waals surface area contributed by atoms with Gasteiger partial charge in [0, 0.05) is 12.8 Å². The largest absolute Gasteiger partial charge is 0.248 e. The topological polar surface area (TPSA) is 0 Å². The first-order valence-electron chi connectivity index (χ1n) is 15.7. The van der Waals surface area contributed by atoms with Gasteiger partial charge in [0.15, 0.2) is 0 Å². The molecule has 0 bridgehead atoms. The van der Waals surface area contributed by atoms with Gasteiger partial charge in [0.2, 0.25) is 5.92 Å². The lowest BCUT2D eigenvalue weighted by atomic mass is 9.84. The van der Waals surface area contributed by atoms with Gasteiger partial charge in [-0.05, 0) is 124 Å². The van der Waals surface area contributed by atoms with Crippen LogP contribution in [0.2, 0.25) is 0 Å². The first kappa shape index (κ1) is 25.5. The molecule has 0 amide bonds. The molecule has 0 nitrogen and oxygen atoms in total. The maximum atomic E-state index is 12.6. The standard InChI is InChI=1S/C9H16.C8H12F2.C8H14.C7H12/c1-2-4-6-9(5-3-1)7-8-9;9-8(10)5-3-7(1-2-7)4-6-8;1-2-4-8(5-3-1)6-7-8;1-2-4-7(3-1)5-6-7/h1-8H2;1-6H2;1-7H2;1-6H2. The van der Waals surface area contributed by atoms with Crippen LogP contribution in [0.3, 0.4) is 0 Å². The highest BCUT2D eigenvalue weighted by atomic mass is 19.3. The Morgan fingerprint density at radius 1 is 0.235 bits per heavy atom. The molecule has 0 aromatic heterocycles. The normalized spacial score (nSPS) is 33.4. The molecule has 0 atom stereocenters. The van der Waals surface area contributed by atoms with E-state index >= 15 is 0 Å². The van der Waals surface area contributed by atoms with Gasteiger partial charge in [0.1, 0.15) is 0 Å². The highest BCUT2D eigenvalue weighted by molar-refractivity contribution is 4.98. The Labute approximate surface area is 209 Å². The third kappa shape index (κ3) is 7.44. The summed E-state index contributed by atoms with van der Waals surface area (Å²) in [7, 11) is 0. The van der Waals surface area contributed by atoms with Crippen molar-refractivity contribution < 1.29 is 8.78 Å². The van der Waals surface area contributed by atoms with Crippen LogP contribution >= 0.6 is 0 Å². The van der Waals surface area contributed by atoms with Crippen LogP contribution in [-0.2, 0) is 0 Å². The van der Waals surface area contributed by atoms with Crippen molar-refractivity contribution >= 4 is 0 Å². The second-order valence-corrected chi connectivity index (χ2v) is 14.5. The zero-order chi connectivity index (χ0) is 23.6. The second-order valence-electron chi connectivity index (χ2n) is 14.5. The number of hydrogen-bond acceptors (Lipinski definition) is 0. The van der Waals surface area contributed by atoms with E-state index in [1.54, 1.807) is 77.0 Å². The molecule has 0 aliphatic heterocycles. The zero-order valence-electron chi connectivity index (χ0n) is 22.3. The van der Waals surface area contributed by atoms with Crippen molar-refractivity contribution in [3.05, 3.63) is 0 Å². The van der Waals surface area contributed by atoms with Crippen LogP contribution < -0.4 is 0 Å². The molecule has 0 aromatic rings. The Bertz CT molecular complexity index is 604. The first-order chi connectivity index (χ1) is 16.4. The molecule has 8 aliphatic carbocycles. The lowest BCUT2D eigenvalue weighted by Crippen LogP contribution is -2.25. The van der Waals surface area contributed by atoms with E-state index in [1.165, 1.54) is 70.6 Å². The third-order valence-electron chi connectivity index (χ3n) is 11.6. The van der Waals surface area contributed by atoms with Crippen molar-refractivity contribution in [3.63, 3.8) is 0 Å². The van der Waals surface area contributed by atoms with Crippen LogP contribution in [0.15, 0.2) is 0 Å². The molecular weight excluding hydrogens is 422 g/mol. The molecular formula is C32H54F2. The van der Waals surface area contributed by atoms with Gasteiger partial charge in [-0.1, -0.05) is 57.8 Å². The van der Waals surface area contributed by atoms with E-state index in [9.17, 15) is 8.78 Å². The number of alkyl halides is 2. The Morgan fingerprint density at radius 2 is 0.441 bits per heavy atom. The third-order valence-corrected chi connectivity index (χ3v) is 11.6. The molecule has 0 saturated heterocycles. The van der Waals surface area contributed by atoms with Gasteiger partial charge in [-0.25, -0.2) is 8.78 Å². The minimum atomic E-state index is -2.33. The van der Waals surface area contributed by atoms with Gasteiger partial charge in [-0.3, -0.25) is 0 Å². The summed E-state index contributed by atoms with van der Waals surface area (Å²) in [6.07, 6.45) is 36.7. The molecule has 0 aromatic carbocycles. The molecule has 0 heterocycles. The van der Waals surface area contributed by atoms with Crippen molar-refractivity contribution in [3.8, 4) is 0 Å². The molecule has 0 radical (unpaired) electrons. The summed E-state index contributed by atoms with van der Waals surface area (Å²) < 4.78 is 25.2. The summed E-state index contributed by atoms with van der Waals surface area (Å²) in [6, 6.07) is 0. The predicted molar refractivity (Wildman–Crippen MR) is 139 cm³/mol. The summed E-state index contributed by atoms with van der Waals surface area (Å²) in [5, 5.41) is 0. The summed E-state index contributed by atoms with van der Waals surface area (Å²) in [5.41, 5.74) is 3.19. The zero-order valence-corrected chi connectivity index (χ0v) is 22.3. The van der Waals surface area contributed by atoms with E-state index < -0.39 is 5.92 Å². The Morgan fingerprint density at radius 3 is 0.735 bits per heavy atom. The first-order valence-corrected chi connectivity index (χ1v) is 15.7. The molecule has 8 saturated carbocycles. The predicted octanol–water partition coefficient (Wildman–Crippen LogP) is 11.2. The monoisotopic (exact) mass is 476 g/mol. The van der Waals surface area contributed by atoms with E-state index in [1.807, 2.05) is 0 Å². The summed E-state index contributed by atoms with van der Waals surface area (Å²) >= 11 is 0. The molecule has 4 spiro atoms. The number of hydrogen-bond donors (Lipinski definition) is 0. The fraction of sp³-hybridized carbons (Fsp3) is 1.00. The van der Waals surface area contributed by atoms with Crippen LogP contribution in [-0.4, -0.2) is 5.92 Å². The number of halogens is 2. The molecule has 196 valence electrons. The maximum Gasteiger partial charge on any atom is 0.248 e. The maximum absolute atomic E-state index is 12.6. The molecule has 0 N–H and O–H groups in total. The van der Waals surface area contributed by atoms with Crippen molar-refractivity contribution in [2.75, 3.05) is 0 Å². The van der Waals surface area contributed by atoms with Gasteiger partial charge in [-0.2, -0.15) is 0 Å². The van der Waals surface area contributed by atoms with Gasteiger partial charge in [-0.15, -0.1) is 0 Å². The van der Waals surface area contributed by atoms with Gasteiger partial charge in [0.25, 0.3) is 0 Å². The molecule has 8 fully saturated rings. The minimum Gasteiger partial charge on any atom is -0.207 e. The van der Waals surface area contributed by atoms with E-state index in [0.717, 1.165) is 29.1 Å². The highest BCUT2D eigenvalue weighted by Gasteiger charge is 2.50. The van der Waals surface area contributed by atoms with Crippen LogP contribution in [0.25, 0.3) is 0 Å². The molecule has 8 aliphatic rings. The van der Waals surface area contributed by atoms with Crippen molar-refractivity contribution in [1.82, 2.24) is 0 Å². The highest BCUT2D eigenvalue weighted by Crippen LogP contribution is 2.59. The Hall–Kier alpha value is -0.140. The summed E-state index contributed by atoms with van der Waals surface area (Å²) in [5.74, 6) is -2.33. The Kier molecular flexibility index (Phi) is 7.74. The van der Waals surface area contributed by atoms with Crippen molar-refractivity contribution in [1.29, 1.82) is 0 Å². The van der Waals surface area contributed by atoms with Crippen LogP contribution in [0, 0.1) is 21.7 Å². The van der Waals surface area contributed by atoms with Crippen molar-refractivity contribution in [2.45, 2.75) is 179 Å². The molecule has 34 heavy (non-hydrogen) atoms. The van der Waals surface area contributed by atoms with Gasteiger partial charge < -0.3 is 0 Å². The smallest absolute Gasteiger partial charge is 0.207 e. The lowest BCUT2D eigenvalue weighted by molar-refractivity contribution is -0.0496. The average molecular weight is 477 g/mol. The molecule has 0 unspecified atom stereocenters. The van der Waals surface area contributed by atoms with Gasteiger partial charge in [0.05, 0.1) is 0 Å². The van der Waals surface area contributed by atoms with Gasteiger partial charge >= 0.3 is 0 Å².